The highest BCUT2D eigenvalue weighted by Gasteiger charge is 2.48. The van der Waals surface area contributed by atoms with Gasteiger partial charge in [0.15, 0.2) is 27.0 Å². The molecule has 5 rings (SSSR count). The molecule has 1 fully saturated rings. The zero-order valence-electron chi connectivity index (χ0n) is 22.1. The predicted octanol–water partition coefficient (Wildman–Crippen LogP) is 5.35. The molecule has 1 saturated heterocycles. The summed E-state index contributed by atoms with van der Waals surface area (Å²) in [5, 5.41) is 0.484. The first kappa shape index (κ1) is 26.8. The van der Waals surface area contributed by atoms with Crippen molar-refractivity contribution in [2.75, 3.05) is 19.5 Å². The summed E-state index contributed by atoms with van der Waals surface area (Å²) in [5.41, 5.74) is 1.34. The van der Waals surface area contributed by atoms with E-state index in [0.717, 1.165) is 11.3 Å². The molecule has 0 radical (unpaired) electrons. The molecular formula is C30H30N2O6S. The lowest BCUT2D eigenvalue weighted by Crippen LogP contribution is -2.39. The summed E-state index contributed by atoms with van der Waals surface area (Å²) < 4.78 is 45.1. The Morgan fingerprint density at radius 1 is 1.08 bits per heavy atom. The summed E-state index contributed by atoms with van der Waals surface area (Å²) in [6, 6.07) is 17.4. The van der Waals surface area contributed by atoms with Gasteiger partial charge in [0.2, 0.25) is 0 Å². The SMILES string of the molecule is CCc1ccc(Oc2cccnc2OC)c([C@]2(C(=O)CS(=O)(=O)c3cccc4nc(C)ccc34)CCCO2)c1. The summed E-state index contributed by atoms with van der Waals surface area (Å²) in [4.78, 5) is 22.8. The number of aromatic nitrogens is 2. The maximum Gasteiger partial charge on any atom is 0.257 e. The lowest BCUT2D eigenvalue weighted by molar-refractivity contribution is -0.137. The van der Waals surface area contributed by atoms with E-state index in [1.165, 1.54) is 13.2 Å². The van der Waals surface area contributed by atoms with Gasteiger partial charge in [0, 0.05) is 29.4 Å². The monoisotopic (exact) mass is 546 g/mol. The molecule has 1 aliphatic rings. The van der Waals surface area contributed by atoms with Crippen LogP contribution in [0.1, 0.15) is 36.6 Å². The predicted molar refractivity (Wildman–Crippen MR) is 147 cm³/mol. The first-order valence-electron chi connectivity index (χ1n) is 12.8. The van der Waals surface area contributed by atoms with Gasteiger partial charge in [-0.25, -0.2) is 13.4 Å². The molecule has 2 aromatic heterocycles. The van der Waals surface area contributed by atoms with Crippen LogP contribution in [0, 0.1) is 6.92 Å². The van der Waals surface area contributed by atoms with Gasteiger partial charge in [-0.15, -0.1) is 0 Å². The number of carbonyl (C=O) groups excluding carboxylic acids is 1. The first-order valence-corrected chi connectivity index (χ1v) is 14.5. The highest BCUT2D eigenvalue weighted by molar-refractivity contribution is 7.92. The number of ketones is 1. The van der Waals surface area contributed by atoms with Gasteiger partial charge < -0.3 is 14.2 Å². The Morgan fingerprint density at radius 3 is 2.67 bits per heavy atom. The Balaban J connectivity index is 1.57. The van der Waals surface area contributed by atoms with Crippen LogP contribution < -0.4 is 9.47 Å². The second-order valence-corrected chi connectivity index (χ2v) is 11.5. The van der Waals surface area contributed by atoms with Crippen LogP contribution in [-0.2, 0) is 31.4 Å². The van der Waals surface area contributed by atoms with E-state index in [-0.39, 0.29) is 10.8 Å². The van der Waals surface area contributed by atoms with E-state index in [1.54, 1.807) is 48.7 Å². The van der Waals surface area contributed by atoms with Crippen LogP contribution in [0.3, 0.4) is 0 Å². The molecule has 3 heterocycles. The van der Waals surface area contributed by atoms with Gasteiger partial charge in [0.1, 0.15) is 11.5 Å². The highest BCUT2D eigenvalue weighted by atomic mass is 32.2. The quantitative estimate of drug-likeness (QED) is 0.277. The summed E-state index contributed by atoms with van der Waals surface area (Å²) >= 11 is 0. The van der Waals surface area contributed by atoms with Gasteiger partial charge in [0.25, 0.3) is 5.88 Å². The van der Waals surface area contributed by atoms with Crippen molar-refractivity contribution in [3.05, 3.63) is 83.7 Å². The molecule has 4 aromatic rings. The number of fused-ring (bicyclic) bond motifs is 1. The molecule has 1 aliphatic heterocycles. The fourth-order valence-electron chi connectivity index (χ4n) is 5.02. The average Bonchev–Trinajstić information content (AvgIpc) is 3.44. The molecule has 39 heavy (non-hydrogen) atoms. The molecule has 0 unspecified atom stereocenters. The van der Waals surface area contributed by atoms with Gasteiger partial charge in [0.05, 0.1) is 17.5 Å². The molecule has 202 valence electrons. The molecular weight excluding hydrogens is 516 g/mol. The van der Waals surface area contributed by atoms with Gasteiger partial charge in [-0.05, 0) is 80.3 Å². The number of sulfone groups is 1. The second-order valence-electron chi connectivity index (χ2n) is 9.53. The van der Waals surface area contributed by atoms with Gasteiger partial charge >= 0.3 is 0 Å². The van der Waals surface area contributed by atoms with Crippen molar-refractivity contribution in [2.45, 2.75) is 43.6 Å². The molecule has 0 spiro atoms. The standard InChI is InChI=1S/C30H30N2O6S/c1-4-21-12-14-25(38-26-9-6-16-31-29(26)36-3)23(18-21)30(15-7-17-37-30)28(33)19-39(34,35)27-10-5-8-24-22(27)13-11-20(2)32-24/h5-6,8-14,16,18H,4,7,15,17,19H2,1-3H3/t30-/m0/s1. The van der Waals surface area contributed by atoms with E-state index in [9.17, 15) is 13.2 Å². The third-order valence-corrected chi connectivity index (χ3v) is 8.66. The van der Waals surface area contributed by atoms with Crippen molar-refractivity contribution < 1.29 is 27.4 Å². The molecule has 0 N–H and O–H groups in total. The molecule has 1 atom stereocenters. The van der Waals surface area contributed by atoms with Crippen molar-refractivity contribution in [3.63, 3.8) is 0 Å². The lowest BCUT2D eigenvalue weighted by Gasteiger charge is -2.30. The van der Waals surface area contributed by atoms with Crippen LogP contribution in [0.5, 0.6) is 17.4 Å². The topological polar surface area (TPSA) is 105 Å². The van der Waals surface area contributed by atoms with Gasteiger partial charge in [-0.3, -0.25) is 9.78 Å². The van der Waals surface area contributed by atoms with Gasteiger partial charge in [-0.2, -0.15) is 0 Å². The number of aryl methyl sites for hydroxylation is 2. The number of carbonyl (C=O) groups is 1. The number of rotatable bonds is 9. The lowest BCUT2D eigenvalue weighted by atomic mass is 9.85. The fraction of sp³-hybridized carbons (Fsp3) is 0.300. The van der Waals surface area contributed by atoms with Crippen molar-refractivity contribution in [2.24, 2.45) is 0 Å². The van der Waals surface area contributed by atoms with E-state index in [1.807, 2.05) is 26.0 Å². The normalized spacial score (nSPS) is 17.3. The molecule has 0 amide bonds. The number of Topliss-reactive ketones (excluding diaryl/α,β-unsaturated/α-hetero) is 1. The van der Waals surface area contributed by atoms with Crippen LogP contribution in [0.2, 0.25) is 0 Å². The maximum absolute atomic E-state index is 14.1. The first-order chi connectivity index (χ1) is 18.8. The van der Waals surface area contributed by atoms with Crippen LogP contribution in [0.15, 0.2) is 71.8 Å². The molecule has 2 aromatic carbocycles. The number of methoxy groups -OCH3 is 1. The Kier molecular flexibility index (Phi) is 7.38. The Labute approximate surface area is 227 Å². The highest BCUT2D eigenvalue weighted by Crippen LogP contribution is 2.45. The van der Waals surface area contributed by atoms with E-state index >= 15 is 0 Å². The molecule has 0 aliphatic carbocycles. The van der Waals surface area contributed by atoms with E-state index in [4.69, 9.17) is 14.2 Å². The third-order valence-electron chi connectivity index (χ3n) is 7.00. The van der Waals surface area contributed by atoms with Crippen LogP contribution >= 0.6 is 0 Å². The van der Waals surface area contributed by atoms with Crippen molar-refractivity contribution in [3.8, 4) is 17.4 Å². The second kappa shape index (κ2) is 10.7. The number of nitrogens with zero attached hydrogens (tertiary/aromatic N) is 2. The van der Waals surface area contributed by atoms with Crippen LogP contribution in [0.4, 0.5) is 0 Å². The minimum Gasteiger partial charge on any atom is -0.478 e. The van der Waals surface area contributed by atoms with Gasteiger partial charge in [-0.1, -0.05) is 19.1 Å². The molecule has 9 heteroatoms. The van der Waals surface area contributed by atoms with E-state index in [0.29, 0.717) is 53.8 Å². The minimum absolute atomic E-state index is 0.0767. The Hall–Kier alpha value is -3.82. The fourth-order valence-corrected chi connectivity index (χ4v) is 6.54. The number of ether oxygens (including phenoxy) is 3. The van der Waals surface area contributed by atoms with Crippen molar-refractivity contribution in [1.29, 1.82) is 0 Å². The zero-order chi connectivity index (χ0) is 27.6. The van der Waals surface area contributed by atoms with Crippen molar-refractivity contribution in [1.82, 2.24) is 9.97 Å². The molecule has 0 saturated carbocycles. The Morgan fingerprint density at radius 2 is 1.92 bits per heavy atom. The van der Waals surface area contributed by atoms with E-state index < -0.39 is 27.0 Å². The number of hydrogen-bond donors (Lipinski definition) is 0. The average molecular weight is 547 g/mol. The number of benzene rings is 2. The summed E-state index contributed by atoms with van der Waals surface area (Å²) in [6.07, 6.45) is 3.25. The molecule has 0 bridgehead atoms. The third kappa shape index (κ3) is 5.12. The summed E-state index contributed by atoms with van der Waals surface area (Å²) in [7, 11) is -2.52. The number of pyridine rings is 2. The minimum atomic E-state index is -4.02. The largest absolute Gasteiger partial charge is 0.478 e. The number of hydrogen-bond acceptors (Lipinski definition) is 8. The molecule has 8 nitrogen and oxygen atoms in total. The van der Waals surface area contributed by atoms with Crippen LogP contribution in [-0.4, -0.2) is 43.6 Å². The maximum atomic E-state index is 14.1. The summed E-state index contributed by atoms with van der Waals surface area (Å²) in [6.45, 7) is 4.18. The smallest absolute Gasteiger partial charge is 0.257 e. The van der Waals surface area contributed by atoms with Crippen molar-refractivity contribution >= 4 is 26.5 Å². The van der Waals surface area contributed by atoms with E-state index in [2.05, 4.69) is 9.97 Å². The Bertz CT molecular complexity index is 1640. The van der Waals surface area contributed by atoms with Crippen LogP contribution in [0.25, 0.3) is 10.9 Å². The zero-order valence-corrected chi connectivity index (χ0v) is 23.0. The summed E-state index contributed by atoms with van der Waals surface area (Å²) in [5.74, 6) is -0.203.